The molecule has 1 fully saturated rings. The zero-order chi connectivity index (χ0) is 21.8. The molecule has 0 aliphatic carbocycles. The van der Waals surface area contributed by atoms with E-state index in [0.717, 1.165) is 37.4 Å². The minimum Gasteiger partial charge on any atom is -0.336 e. The molecule has 5 heteroatoms. The van der Waals surface area contributed by atoms with Gasteiger partial charge in [-0.15, -0.1) is 0 Å². The summed E-state index contributed by atoms with van der Waals surface area (Å²) in [5.41, 5.74) is 4.24. The van der Waals surface area contributed by atoms with Gasteiger partial charge in [-0.05, 0) is 41.5 Å². The normalized spacial score (nSPS) is 14.6. The Hall–Kier alpha value is -3.70. The third-order valence-electron chi connectivity index (χ3n) is 6.08. The molecule has 0 spiro atoms. The Balaban J connectivity index is 1.29. The van der Waals surface area contributed by atoms with Crippen LogP contribution in [0.1, 0.15) is 27.5 Å². The van der Waals surface area contributed by atoms with Crippen molar-refractivity contribution >= 4 is 5.91 Å². The maximum Gasteiger partial charge on any atom is 0.253 e. The standard InChI is InChI=1S/C27H26N4O/c32-27(24-12-14-25(15-13-24)31-17-7-16-28-31)30-20-18-29(19-21-30)26(22-8-3-1-4-9-22)23-10-5-2-6-11-23/h1-17,26H,18-21H2. The summed E-state index contributed by atoms with van der Waals surface area (Å²) in [6, 6.07) is 31.0. The van der Waals surface area contributed by atoms with Crippen molar-refractivity contribution in [3.05, 3.63) is 120 Å². The van der Waals surface area contributed by atoms with Crippen LogP contribution in [0.4, 0.5) is 0 Å². The summed E-state index contributed by atoms with van der Waals surface area (Å²) < 4.78 is 1.79. The average molecular weight is 423 g/mol. The zero-order valence-electron chi connectivity index (χ0n) is 17.9. The quantitative estimate of drug-likeness (QED) is 0.478. The van der Waals surface area contributed by atoms with Crippen LogP contribution < -0.4 is 0 Å². The van der Waals surface area contributed by atoms with Gasteiger partial charge in [0.05, 0.1) is 11.7 Å². The lowest BCUT2D eigenvalue weighted by molar-refractivity contribution is 0.0597. The van der Waals surface area contributed by atoms with E-state index in [1.54, 1.807) is 10.9 Å². The highest BCUT2D eigenvalue weighted by molar-refractivity contribution is 5.94. The van der Waals surface area contributed by atoms with Gasteiger partial charge in [0.1, 0.15) is 0 Å². The summed E-state index contributed by atoms with van der Waals surface area (Å²) in [7, 11) is 0. The number of rotatable bonds is 5. The Morgan fingerprint density at radius 2 is 1.31 bits per heavy atom. The van der Waals surface area contributed by atoms with Crippen molar-refractivity contribution in [3.8, 4) is 5.69 Å². The van der Waals surface area contributed by atoms with Crippen LogP contribution in [0.2, 0.25) is 0 Å². The van der Waals surface area contributed by atoms with Crippen molar-refractivity contribution in [3.63, 3.8) is 0 Å². The fourth-order valence-electron chi connectivity index (χ4n) is 4.43. The first-order chi connectivity index (χ1) is 15.8. The van der Waals surface area contributed by atoms with Crippen LogP contribution in [0, 0.1) is 0 Å². The van der Waals surface area contributed by atoms with Crippen LogP contribution in [0.5, 0.6) is 0 Å². The van der Waals surface area contributed by atoms with Crippen LogP contribution in [0.15, 0.2) is 103 Å². The number of amides is 1. The molecule has 5 nitrogen and oxygen atoms in total. The van der Waals surface area contributed by atoms with E-state index in [1.807, 2.05) is 41.4 Å². The third kappa shape index (κ3) is 4.20. The van der Waals surface area contributed by atoms with Gasteiger partial charge in [0.2, 0.25) is 0 Å². The predicted molar refractivity (Wildman–Crippen MR) is 126 cm³/mol. The van der Waals surface area contributed by atoms with Gasteiger partial charge in [-0.1, -0.05) is 60.7 Å². The highest BCUT2D eigenvalue weighted by Gasteiger charge is 2.28. The van der Waals surface area contributed by atoms with Gasteiger partial charge in [-0.3, -0.25) is 9.69 Å². The fraction of sp³-hybridized carbons (Fsp3) is 0.185. The van der Waals surface area contributed by atoms with Gasteiger partial charge < -0.3 is 4.90 Å². The summed E-state index contributed by atoms with van der Waals surface area (Å²) in [5.74, 6) is 0.0904. The van der Waals surface area contributed by atoms with Gasteiger partial charge >= 0.3 is 0 Å². The van der Waals surface area contributed by atoms with Crippen LogP contribution >= 0.6 is 0 Å². The molecule has 0 atom stereocenters. The lowest BCUT2D eigenvalue weighted by Gasteiger charge is -2.39. The molecular formula is C27H26N4O. The smallest absolute Gasteiger partial charge is 0.253 e. The van der Waals surface area contributed by atoms with E-state index in [-0.39, 0.29) is 11.9 Å². The van der Waals surface area contributed by atoms with Crippen molar-refractivity contribution in [1.82, 2.24) is 19.6 Å². The number of carbonyl (C=O) groups excluding carboxylic acids is 1. The van der Waals surface area contributed by atoms with E-state index in [9.17, 15) is 4.79 Å². The predicted octanol–water partition coefficient (Wildman–Crippen LogP) is 4.42. The van der Waals surface area contributed by atoms with Crippen molar-refractivity contribution < 1.29 is 4.79 Å². The van der Waals surface area contributed by atoms with Crippen LogP contribution in [0.25, 0.3) is 5.69 Å². The molecule has 3 aromatic carbocycles. The molecule has 2 heterocycles. The summed E-state index contributed by atoms with van der Waals surface area (Å²) in [5, 5.41) is 4.24. The molecule has 160 valence electrons. The molecule has 4 aromatic rings. The minimum absolute atomic E-state index is 0.0904. The van der Waals surface area contributed by atoms with Crippen molar-refractivity contribution in [2.75, 3.05) is 26.2 Å². The second kappa shape index (κ2) is 9.20. The summed E-state index contributed by atoms with van der Waals surface area (Å²) >= 11 is 0. The second-order valence-electron chi connectivity index (χ2n) is 8.05. The van der Waals surface area contributed by atoms with Crippen LogP contribution in [0.3, 0.4) is 0 Å². The van der Waals surface area contributed by atoms with E-state index in [2.05, 4.69) is 70.7 Å². The molecule has 32 heavy (non-hydrogen) atoms. The Kier molecular flexibility index (Phi) is 5.81. The number of piperazine rings is 1. The number of benzene rings is 3. The number of hydrogen-bond donors (Lipinski definition) is 0. The maximum atomic E-state index is 13.1. The lowest BCUT2D eigenvalue weighted by Crippen LogP contribution is -2.49. The SMILES string of the molecule is O=C(c1ccc(-n2cccn2)cc1)N1CCN(C(c2ccccc2)c2ccccc2)CC1. The highest BCUT2D eigenvalue weighted by Crippen LogP contribution is 2.29. The molecule has 0 unspecified atom stereocenters. The van der Waals surface area contributed by atoms with Gasteiger partial charge in [0.15, 0.2) is 0 Å². The summed E-state index contributed by atoms with van der Waals surface area (Å²) in [6.45, 7) is 3.11. The average Bonchev–Trinajstić information content (AvgIpc) is 3.41. The monoisotopic (exact) mass is 422 g/mol. The Morgan fingerprint density at radius 3 is 1.84 bits per heavy atom. The first-order valence-electron chi connectivity index (χ1n) is 11.0. The van der Waals surface area contributed by atoms with Crippen LogP contribution in [-0.2, 0) is 0 Å². The number of carbonyl (C=O) groups is 1. The van der Waals surface area contributed by atoms with Crippen molar-refractivity contribution in [2.45, 2.75) is 6.04 Å². The first kappa shape index (κ1) is 20.2. The Morgan fingerprint density at radius 1 is 0.719 bits per heavy atom. The topological polar surface area (TPSA) is 41.4 Å². The largest absolute Gasteiger partial charge is 0.336 e. The Bertz CT molecular complexity index is 1090. The van der Waals surface area contributed by atoms with E-state index in [4.69, 9.17) is 0 Å². The molecule has 1 aliphatic rings. The molecule has 1 amide bonds. The molecule has 0 bridgehead atoms. The number of nitrogens with zero attached hydrogens (tertiary/aromatic N) is 4. The summed E-state index contributed by atoms with van der Waals surface area (Å²) in [4.78, 5) is 17.5. The lowest BCUT2D eigenvalue weighted by atomic mass is 9.96. The molecule has 0 radical (unpaired) electrons. The van der Waals surface area contributed by atoms with Crippen molar-refractivity contribution in [1.29, 1.82) is 0 Å². The molecule has 0 saturated carbocycles. The molecule has 1 saturated heterocycles. The third-order valence-corrected chi connectivity index (χ3v) is 6.08. The molecule has 1 aromatic heterocycles. The fourth-order valence-corrected chi connectivity index (χ4v) is 4.43. The van der Waals surface area contributed by atoms with Crippen LogP contribution in [-0.4, -0.2) is 51.7 Å². The second-order valence-corrected chi connectivity index (χ2v) is 8.05. The zero-order valence-corrected chi connectivity index (χ0v) is 17.9. The minimum atomic E-state index is 0.0904. The molecular weight excluding hydrogens is 396 g/mol. The van der Waals surface area contributed by atoms with Gasteiger partial charge in [-0.25, -0.2) is 4.68 Å². The maximum absolute atomic E-state index is 13.1. The van der Waals surface area contributed by atoms with E-state index in [0.29, 0.717) is 0 Å². The van der Waals surface area contributed by atoms with E-state index >= 15 is 0 Å². The molecule has 0 N–H and O–H groups in total. The number of hydrogen-bond acceptors (Lipinski definition) is 3. The van der Waals surface area contributed by atoms with Gasteiger partial charge in [0, 0.05) is 44.1 Å². The summed E-state index contributed by atoms with van der Waals surface area (Å²) in [6.07, 6.45) is 3.64. The molecule has 5 rings (SSSR count). The van der Waals surface area contributed by atoms with E-state index < -0.39 is 0 Å². The van der Waals surface area contributed by atoms with E-state index in [1.165, 1.54) is 11.1 Å². The van der Waals surface area contributed by atoms with Gasteiger partial charge in [-0.2, -0.15) is 5.10 Å². The number of aromatic nitrogens is 2. The molecule has 1 aliphatic heterocycles. The first-order valence-corrected chi connectivity index (χ1v) is 11.0. The van der Waals surface area contributed by atoms with Gasteiger partial charge in [0.25, 0.3) is 5.91 Å². The van der Waals surface area contributed by atoms with Crippen molar-refractivity contribution in [2.24, 2.45) is 0 Å². The Labute approximate surface area is 188 Å². The highest BCUT2D eigenvalue weighted by atomic mass is 16.2.